The molecule has 0 atom stereocenters. The summed E-state index contributed by atoms with van der Waals surface area (Å²) in [7, 11) is 0. The lowest BCUT2D eigenvalue weighted by Gasteiger charge is -2.13. The SMILES string of the molecule is CCO.CCOC1=CCCCC1=NO. The van der Waals surface area contributed by atoms with Gasteiger partial charge in [-0.2, -0.15) is 0 Å². The highest BCUT2D eigenvalue weighted by molar-refractivity contribution is 5.98. The first kappa shape index (κ1) is 13.0. The van der Waals surface area contributed by atoms with Gasteiger partial charge in [-0.3, -0.25) is 0 Å². The Bertz CT molecular complexity index is 200. The number of hydrogen-bond donors (Lipinski definition) is 2. The maximum atomic E-state index is 8.56. The van der Waals surface area contributed by atoms with Crippen LogP contribution in [0.2, 0.25) is 0 Å². The molecule has 0 saturated carbocycles. The summed E-state index contributed by atoms with van der Waals surface area (Å²) in [5.74, 6) is 0.751. The zero-order valence-corrected chi connectivity index (χ0v) is 8.86. The number of aliphatic hydroxyl groups is 1. The summed E-state index contributed by atoms with van der Waals surface area (Å²) in [5.41, 5.74) is 0.679. The van der Waals surface area contributed by atoms with Crippen molar-refractivity contribution in [3.05, 3.63) is 11.8 Å². The van der Waals surface area contributed by atoms with Crippen molar-refractivity contribution in [2.24, 2.45) is 5.16 Å². The van der Waals surface area contributed by atoms with Crippen LogP contribution in [0.4, 0.5) is 0 Å². The predicted molar refractivity (Wildman–Crippen MR) is 55.5 cm³/mol. The van der Waals surface area contributed by atoms with Crippen molar-refractivity contribution >= 4 is 5.71 Å². The quantitative estimate of drug-likeness (QED) is 0.530. The molecule has 0 amide bonds. The van der Waals surface area contributed by atoms with E-state index >= 15 is 0 Å². The normalized spacial score (nSPS) is 18.2. The van der Waals surface area contributed by atoms with Crippen molar-refractivity contribution in [3.8, 4) is 0 Å². The summed E-state index contributed by atoms with van der Waals surface area (Å²) in [4.78, 5) is 0. The van der Waals surface area contributed by atoms with Gasteiger partial charge in [-0.15, -0.1) is 0 Å². The summed E-state index contributed by atoms with van der Waals surface area (Å²) in [6, 6.07) is 0. The zero-order chi connectivity index (χ0) is 10.8. The molecule has 0 aromatic carbocycles. The monoisotopic (exact) mass is 201 g/mol. The number of allylic oxidation sites excluding steroid dienone is 2. The first-order chi connectivity index (χ1) is 6.79. The Morgan fingerprint density at radius 3 is 2.64 bits per heavy atom. The highest BCUT2D eigenvalue weighted by atomic mass is 16.5. The number of rotatable bonds is 2. The molecule has 0 saturated heterocycles. The van der Waals surface area contributed by atoms with Gasteiger partial charge in [0, 0.05) is 6.61 Å². The van der Waals surface area contributed by atoms with Crippen molar-refractivity contribution in [2.75, 3.05) is 13.2 Å². The topological polar surface area (TPSA) is 62.0 Å². The third-order valence-electron chi connectivity index (χ3n) is 1.65. The minimum atomic E-state index is 0.250. The van der Waals surface area contributed by atoms with E-state index in [0.29, 0.717) is 12.3 Å². The van der Waals surface area contributed by atoms with Crippen LogP contribution in [0.3, 0.4) is 0 Å². The molecule has 0 aromatic rings. The predicted octanol–water partition coefficient (Wildman–Crippen LogP) is 1.92. The molecule has 2 N–H and O–H groups in total. The number of hydrogen-bond acceptors (Lipinski definition) is 4. The lowest BCUT2D eigenvalue weighted by molar-refractivity contribution is 0.239. The molecule has 4 heteroatoms. The van der Waals surface area contributed by atoms with Crippen LogP contribution >= 0.6 is 0 Å². The van der Waals surface area contributed by atoms with E-state index in [1.807, 2.05) is 13.0 Å². The molecule has 82 valence electrons. The van der Waals surface area contributed by atoms with Crippen molar-refractivity contribution in [1.29, 1.82) is 0 Å². The summed E-state index contributed by atoms with van der Waals surface area (Å²) in [5, 5.41) is 19.3. The number of aliphatic hydroxyl groups excluding tert-OH is 1. The molecule has 0 radical (unpaired) electrons. The number of ether oxygens (including phenoxy) is 1. The Balaban J connectivity index is 0.000000500. The molecule has 14 heavy (non-hydrogen) atoms. The maximum absolute atomic E-state index is 8.56. The molecule has 1 aliphatic carbocycles. The smallest absolute Gasteiger partial charge is 0.140 e. The van der Waals surface area contributed by atoms with E-state index in [1.54, 1.807) is 6.92 Å². The lowest BCUT2D eigenvalue weighted by atomic mass is 10.0. The molecule has 0 heterocycles. The van der Waals surface area contributed by atoms with Crippen molar-refractivity contribution < 1.29 is 15.1 Å². The second kappa shape index (κ2) is 8.56. The van der Waals surface area contributed by atoms with Gasteiger partial charge in [-0.05, 0) is 39.2 Å². The molecular formula is C10H19NO3. The van der Waals surface area contributed by atoms with Crippen LogP contribution in [0.5, 0.6) is 0 Å². The fourth-order valence-corrected chi connectivity index (χ4v) is 1.14. The van der Waals surface area contributed by atoms with E-state index in [1.165, 1.54) is 0 Å². The van der Waals surface area contributed by atoms with Crippen molar-refractivity contribution in [3.63, 3.8) is 0 Å². The molecule has 0 fully saturated rings. The summed E-state index contributed by atoms with van der Waals surface area (Å²) >= 11 is 0. The standard InChI is InChI=1S/C8H13NO2.C2H6O/c1-2-11-8-6-4-3-5-7(8)9-10;1-2-3/h6,10H,2-5H2,1H3;3H,2H2,1H3. The Morgan fingerprint density at radius 1 is 1.50 bits per heavy atom. The van der Waals surface area contributed by atoms with E-state index in [-0.39, 0.29) is 6.61 Å². The maximum Gasteiger partial charge on any atom is 0.140 e. The fourth-order valence-electron chi connectivity index (χ4n) is 1.14. The third-order valence-corrected chi connectivity index (χ3v) is 1.65. The number of nitrogens with zero attached hydrogens (tertiary/aromatic N) is 1. The van der Waals surface area contributed by atoms with Crippen LogP contribution in [0.1, 0.15) is 33.1 Å². The van der Waals surface area contributed by atoms with Crippen LogP contribution in [0.15, 0.2) is 17.0 Å². The molecule has 1 aliphatic rings. The van der Waals surface area contributed by atoms with Gasteiger partial charge in [0.2, 0.25) is 0 Å². The Hall–Kier alpha value is -1.03. The Morgan fingerprint density at radius 2 is 2.14 bits per heavy atom. The summed E-state index contributed by atoms with van der Waals surface area (Å²) in [6.45, 7) is 4.48. The fraction of sp³-hybridized carbons (Fsp3) is 0.700. The summed E-state index contributed by atoms with van der Waals surface area (Å²) in [6.07, 6.45) is 4.87. The second-order valence-electron chi connectivity index (χ2n) is 2.76. The molecule has 0 bridgehead atoms. The highest BCUT2D eigenvalue weighted by Crippen LogP contribution is 2.15. The van der Waals surface area contributed by atoms with Crippen molar-refractivity contribution in [1.82, 2.24) is 0 Å². The number of oxime groups is 1. The van der Waals surface area contributed by atoms with Crippen LogP contribution in [-0.4, -0.2) is 29.2 Å². The van der Waals surface area contributed by atoms with Crippen molar-refractivity contribution in [2.45, 2.75) is 33.1 Å². The second-order valence-corrected chi connectivity index (χ2v) is 2.76. The first-order valence-electron chi connectivity index (χ1n) is 4.95. The van der Waals surface area contributed by atoms with E-state index in [4.69, 9.17) is 15.1 Å². The van der Waals surface area contributed by atoms with Crippen LogP contribution in [-0.2, 0) is 4.74 Å². The summed E-state index contributed by atoms with van der Waals surface area (Å²) < 4.78 is 5.26. The molecule has 0 spiro atoms. The van der Waals surface area contributed by atoms with Gasteiger partial charge in [0.05, 0.1) is 6.61 Å². The van der Waals surface area contributed by atoms with E-state index < -0.39 is 0 Å². The first-order valence-corrected chi connectivity index (χ1v) is 4.95. The van der Waals surface area contributed by atoms with E-state index in [9.17, 15) is 0 Å². The molecule has 0 aliphatic heterocycles. The average molecular weight is 201 g/mol. The molecule has 0 unspecified atom stereocenters. The largest absolute Gasteiger partial charge is 0.492 e. The van der Waals surface area contributed by atoms with Gasteiger partial charge in [-0.25, -0.2) is 0 Å². The Labute approximate surface area is 84.9 Å². The van der Waals surface area contributed by atoms with Crippen LogP contribution in [0.25, 0.3) is 0 Å². The van der Waals surface area contributed by atoms with Gasteiger partial charge < -0.3 is 15.1 Å². The third kappa shape index (κ3) is 4.87. The minimum absolute atomic E-state index is 0.250. The molecule has 0 aromatic heterocycles. The van der Waals surface area contributed by atoms with Gasteiger partial charge in [0.25, 0.3) is 0 Å². The van der Waals surface area contributed by atoms with E-state index in [2.05, 4.69) is 5.16 Å². The molecular weight excluding hydrogens is 182 g/mol. The highest BCUT2D eigenvalue weighted by Gasteiger charge is 2.12. The average Bonchev–Trinajstić information content (AvgIpc) is 2.20. The molecule has 4 nitrogen and oxygen atoms in total. The van der Waals surface area contributed by atoms with Gasteiger partial charge in [0.1, 0.15) is 11.5 Å². The molecule has 1 rings (SSSR count). The minimum Gasteiger partial charge on any atom is -0.492 e. The Kier molecular flexibility index (Phi) is 7.93. The van der Waals surface area contributed by atoms with Crippen LogP contribution in [0, 0.1) is 0 Å². The van der Waals surface area contributed by atoms with E-state index in [0.717, 1.165) is 25.0 Å². The van der Waals surface area contributed by atoms with Crippen LogP contribution < -0.4 is 0 Å². The zero-order valence-electron chi connectivity index (χ0n) is 8.86. The van der Waals surface area contributed by atoms with Gasteiger partial charge in [-0.1, -0.05) is 5.16 Å². The lowest BCUT2D eigenvalue weighted by Crippen LogP contribution is -2.10. The van der Waals surface area contributed by atoms with Gasteiger partial charge >= 0.3 is 0 Å². The van der Waals surface area contributed by atoms with Gasteiger partial charge in [0.15, 0.2) is 0 Å².